The molecule has 0 spiro atoms. The average Bonchev–Trinajstić information content (AvgIpc) is 3.17. The van der Waals surface area contributed by atoms with Crippen LogP contribution in [-0.2, 0) is 4.74 Å². The van der Waals surface area contributed by atoms with Gasteiger partial charge in [-0.15, -0.1) is 8.78 Å². The number of rotatable bonds is 7. The van der Waals surface area contributed by atoms with Gasteiger partial charge in [0.2, 0.25) is 0 Å². The number of alkyl halides is 3. The lowest BCUT2D eigenvalue weighted by molar-refractivity contribution is -0.0964. The van der Waals surface area contributed by atoms with Crippen molar-refractivity contribution in [1.29, 1.82) is 0 Å². The Morgan fingerprint density at radius 1 is 1.19 bits per heavy atom. The molecule has 1 atom stereocenters. The molecular formula is C25H26ClF2N5O4. The van der Waals surface area contributed by atoms with Crippen molar-refractivity contribution in [2.75, 3.05) is 29.9 Å². The van der Waals surface area contributed by atoms with Gasteiger partial charge in [0.15, 0.2) is 6.23 Å². The van der Waals surface area contributed by atoms with Gasteiger partial charge in [0.25, 0.3) is 5.91 Å². The van der Waals surface area contributed by atoms with Crippen molar-refractivity contribution in [3.8, 4) is 17.0 Å². The maximum Gasteiger partial charge on any atom is 0.487 e. The van der Waals surface area contributed by atoms with E-state index in [9.17, 15) is 18.7 Å². The standard InChI is InChI=1S/C25H26ClF2N5O4/c26-25(27,28)37-19-7-5-17(6-8-19)31-24(35)16-12-20(23(29-13-16)32-14-18(34)15-32)21-9-10-30-33(21)22-4-2-1-3-11-36-22/h5-10,12-13,18,22,34H,1-4,11,14-15H2,(H,31,35). The molecule has 2 aliphatic heterocycles. The number of amides is 1. The number of hydrogen-bond donors (Lipinski definition) is 2. The summed E-state index contributed by atoms with van der Waals surface area (Å²) >= 11 is 4.79. The molecule has 0 aliphatic carbocycles. The molecule has 2 fully saturated rings. The van der Waals surface area contributed by atoms with Crippen molar-refractivity contribution in [2.24, 2.45) is 0 Å². The van der Waals surface area contributed by atoms with Gasteiger partial charge in [-0.2, -0.15) is 5.10 Å². The minimum Gasteiger partial charge on any atom is -0.420 e. The summed E-state index contributed by atoms with van der Waals surface area (Å²) in [5.41, 5.74) is -1.70. The molecule has 0 radical (unpaired) electrons. The van der Waals surface area contributed by atoms with E-state index in [1.807, 2.05) is 15.6 Å². The maximum atomic E-state index is 13.1. The van der Waals surface area contributed by atoms with E-state index in [2.05, 4.69) is 20.1 Å². The van der Waals surface area contributed by atoms with Crippen LogP contribution < -0.4 is 15.0 Å². The second kappa shape index (κ2) is 10.6. The smallest absolute Gasteiger partial charge is 0.420 e. The van der Waals surface area contributed by atoms with Crippen LogP contribution in [0.1, 0.15) is 42.3 Å². The molecule has 37 heavy (non-hydrogen) atoms. The zero-order valence-corrected chi connectivity index (χ0v) is 20.6. The summed E-state index contributed by atoms with van der Waals surface area (Å²) in [5.74, 6) is 0.0647. The van der Waals surface area contributed by atoms with Gasteiger partial charge in [-0.1, -0.05) is 6.42 Å². The second-order valence-electron chi connectivity index (χ2n) is 9.02. The van der Waals surface area contributed by atoms with Crippen LogP contribution in [0.3, 0.4) is 0 Å². The lowest BCUT2D eigenvalue weighted by Crippen LogP contribution is -2.51. The molecule has 5 rings (SSSR count). The molecule has 1 amide bonds. The first-order valence-corrected chi connectivity index (χ1v) is 12.4. The fourth-order valence-electron chi connectivity index (χ4n) is 4.44. The molecule has 1 unspecified atom stereocenters. The summed E-state index contributed by atoms with van der Waals surface area (Å²) in [6.45, 7) is 1.53. The number of nitrogens with one attached hydrogen (secondary N) is 1. The van der Waals surface area contributed by atoms with Crippen LogP contribution in [0.5, 0.6) is 5.75 Å². The fourth-order valence-corrected chi connectivity index (χ4v) is 4.53. The number of β-amino-alcohol motifs (C(OH)–C–C–N with tert-alkyl or cyclic N) is 1. The van der Waals surface area contributed by atoms with Crippen molar-refractivity contribution in [2.45, 2.75) is 43.6 Å². The molecular weight excluding hydrogens is 508 g/mol. The number of pyridine rings is 1. The Labute approximate surface area is 217 Å². The molecule has 2 aromatic heterocycles. The fraction of sp³-hybridized carbons (Fsp3) is 0.400. The zero-order chi connectivity index (χ0) is 26.0. The number of benzene rings is 1. The van der Waals surface area contributed by atoms with E-state index in [1.54, 1.807) is 12.3 Å². The Kier molecular flexibility index (Phi) is 7.27. The lowest BCUT2D eigenvalue weighted by atomic mass is 10.1. The maximum absolute atomic E-state index is 13.1. The Morgan fingerprint density at radius 2 is 1.97 bits per heavy atom. The van der Waals surface area contributed by atoms with Crippen molar-refractivity contribution in [3.63, 3.8) is 0 Å². The van der Waals surface area contributed by atoms with Gasteiger partial charge in [-0.25, -0.2) is 9.67 Å². The molecule has 196 valence electrons. The number of nitrogens with zero attached hydrogens (tertiary/aromatic N) is 4. The van der Waals surface area contributed by atoms with Gasteiger partial charge in [-0.05, 0) is 55.7 Å². The largest absolute Gasteiger partial charge is 0.487 e. The van der Waals surface area contributed by atoms with Crippen LogP contribution in [0.2, 0.25) is 0 Å². The summed E-state index contributed by atoms with van der Waals surface area (Å²) in [5, 5.41) is 17.1. The highest BCUT2D eigenvalue weighted by atomic mass is 35.5. The monoisotopic (exact) mass is 533 g/mol. The third-order valence-electron chi connectivity index (χ3n) is 6.26. The Balaban J connectivity index is 1.42. The summed E-state index contributed by atoms with van der Waals surface area (Å²) in [7, 11) is 0. The molecule has 3 aromatic rings. The number of hydrogen-bond acceptors (Lipinski definition) is 7. The van der Waals surface area contributed by atoms with Crippen LogP contribution in [0.4, 0.5) is 20.3 Å². The molecule has 12 heteroatoms. The van der Waals surface area contributed by atoms with Gasteiger partial charge in [0.05, 0.1) is 17.4 Å². The topological polar surface area (TPSA) is 102 Å². The minimum absolute atomic E-state index is 0.142. The molecule has 0 saturated carbocycles. The number of halogens is 3. The number of aliphatic hydroxyl groups is 1. The van der Waals surface area contributed by atoms with Crippen LogP contribution in [-0.4, -0.2) is 57.1 Å². The summed E-state index contributed by atoms with van der Waals surface area (Å²) in [6.07, 6.45) is 6.47. The van der Waals surface area contributed by atoms with Crippen molar-refractivity contribution in [3.05, 3.63) is 54.4 Å². The van der Waals surface area contributed by atoms with Crippen LogP contribution in [0.25, 0.3) is 11.3 Å². The molecule has 9 nitrogen and oxygen atoms in total. The first-order valence-electron chi connectivity index (χ1n) is 12.0. The molecule has 2 aliphatic rings. The third-order valence-corrected chi connectivity index (χ3v) is 6.34. The average molecular weight is 534 g/mol. The molecule has 2 N–H and O–H groups in total. The van der Waals surface area contributed by atoms with E-state index in [1.165, 1.54) is 30.5 Å². The quantitative estimate of drug-likeness (QED) is 0.427. The highest BCUT2D eigenvalue weighted by molar-refractivity contribution is 6.20. The summed E-state index contributed by atoms with van der Waals surface area (Å²) < 4.78 is 37.8. The zero-order valence-electron chi connectivity index (χ0n) is 19.8. The van der Waals surface area contributed by atoms with Crippen molar-refractivity contribution in [1.82, 2.24) is 14.8 Å². The van der Waals surface area contributed by atoms with E-state index in [4.69, 9.17) is 16.3 Å². The Bertz CT molecular complexity index is 1240. The molecule has 0 bridgehead atoms. The number of carbonyl (C=O) groups is 1. The minimum atomic E-state index is -3.82. The van der Waals surface area contributed by atoms with E-state index in [-0.39, 0.29) is 12.0 Å². The van der Waals surface area contributed by atoms with Gasteiger partial charge in [0.1, 0.15) is 11.6 Å². The number of aliphatic hydroxyl groups excluding tert-OH is 1. The summed E-state index contributed by atoms with van der Waals surface area (Å²) in [4.78, 5) is 19.6. The van der Waals surface area contributed by atoms with E-state index >= 15 is 0 Å². The van der Waals surface area contributed by atoms with Crippen LogP contribution in [0, 0.1) is 0 Å². The number of anilines is 2. The van der Waals surface area contributed by atoms with Crippen molar-refractivity contribution >= 4 is 29.0 Å². The molecule has 1 aromatic carbocycles. The third kappa shape index (κ3) is 6.00. The highest BCUT2D eigenvalue weighted by Crippen LogP contribution is 2.35. The lowest BCUT2D eigenvalue weighted by Gasteiger charge is -2.38. The van der Waals surface area contributed by atoms with Gasteiger partial charge < -0.3 is 24.8 Å². The predicted molar refractivity (Wildman–Crippen MR) is 133 cm³/mol. The van der Waals surface area contributed by atoms with Crippen LogP contribution >= 0.6 is 11.6 Å². The SMILES string of the molecule is O=C(Nc1ccc(OC(F)(F)Cl)cc1)c1cnc(N2CC(O)C2)c(-c2ccnn2C2CCCCCO2)c1. The Morgan fingerprint density at radius 3 is 2.70 bits per heavy atom. The predicted octanol–water partition coefficient (Wildman–Crippen LogP) is 4.64. The first kappa shape index (κ1) is 25.4. The van der Waals surface area contributed by atoms with Crippen molar-refractivity contribution < 1.29 is 28.2 Å². The first-order chi connectivity index (χ1) is 17.8. The van der Waals surface area contributed by atoms with Gasteiger partial charge in [0, 0.05) is 54.9 Å². The summed E-state index contributed by atoms with van der Waals surface area (Å²) in [6, 6.07) is 9.01. The number of carbonyl (C=O) groups excluding carboxylic acids is 1. The highest BCUT2D eigenvalue weighted by Gasteiger charge is 2.30. The number of ether oxygens (including phenoxy) is 2. The van der Waals surface area contributed by atoms with Gasteiger partial charge >= 0.3 is 5.57 Å². The number of aromatic nitrogens is 3. The van der Waals surface area contributed by atoms with Crippen LogP contribution in [0.15, 0.2) is 48.8 Å². The second-order valence-corrected chi connectivity index (χ2v) is 9.46. The van der Waals surface area contributed by atoms with E-state index < -0.39 is 17.6 Å². The normalized spacial score (nSPS) is 18.7. The Hall–Kier alpha value is -3.28. The van der Waals surface area contributed by atoms with Gasteiger partial charge in [-0.3, -0.25) is 4.79 Å². The van der Waals surface area contributed by atoms with E-state index in [0.29, 0.717) is 42.3 Å². The molecule has 2 saturated heterocycles. The van der Waals surface area contributed by atoms with E-state index in [0.717, 1.165) is 31.4 Å². The molecule has 4 heterocycles.